The fourth-order valence-corrected chi connectivity index (χ4v) is 0.995. The molecule has 1 aromatic rings. The number of nitrogens with one attached hydrogen (secondary N) is 1. The summed E-state index contributed by atoms with van der Waals surface area (Å²) in [5.74, 6) is 0.362. The van der Waals surface area contributed by atoms with Gasteiger partial charge in [0.15, 0.2) is 0 Å². The van der Waals surface area contributed by atoms with E-state index in [0.717, 1.165) is 6.42 Å². The maximum absolute atomic E-state index is 11.8. The lowest BCUT2D eigenvalue weighted by molar-refractivity contribution is -0.124. The third kappa shape index (κ3) is 3.16. The minimum Gasteiger partial charge on any atom is -0.310 e. The summed E-state index contributed by atoms with van der Waals surface area (Å²) >= 11 is 5.67. The lowest BCUT2D eigenvalue weighted by Crippen LogP contribution is -2.30. The van der Waals surface area contributed by atoms with Crippen LogP contribution < -0.4 is 5.32 Å². The first-order valence-corrected chi connectivity index (χ1v) is 5.12. The number of aromatic nitrogens is 2. The van der Waals surface area contributed by atoms with Gasteiger partial charge in [0.1, 0.15) is 17.3 Å². The minimum absolute atomic E-state index is 0.0697. The van der Waals surface area contributed by atoms with Gasteiger partial charge in [0.25, 0.3) is 0 Å². The Morgan fingerprint density at radius 1 is 1.53 bits per heavy atom. The fourth-order valence-electron chi connectivity index (χ4n) is 0.848. The highest BCUT2D eigenvalue weighted by molar-refractivity contribution is 6.29. The van der Waals surface area contributed by atoms with E-state index in [1.54, 1.807) is 0 Å². The number of halogens is 1. The summed E-state index contributed by atoms with van der Waals surface area (Å²) in [6.45, 7) is 5.72. The third-order valence-electron chi connectivity index (χ3n) is 2.37. The second kappa shape index (κ2) is 4.57. The lowest BCUT2D eigenvalue weighted by Gasteiger charge is -2.20. The molecular formula is C10H14ClN3O. The highest BCUT2D eigenvalue weighted by Gasteiger charge is 2.25. The Bertz CT molecular complexity index is 365. The molecule has 15 heavy (non-hydrogen) atoms. The molecule has 0 bridgehead atoms. The van der Waals surface area contributed by atoms with Crippen molar-refractivity contribution >= 4 is 23.3 Å². The van der Waals surface area contributed by atoms with Gasteiger partial charge in [0.2, 0.25) is 5.91 Å². The summed E-state index contributed by atoms with van der Waals surface area (Å²) in [5, 5.41) is 3.01. The molecule has 1 N–H and O–H groups in total. The first-order valence-electron chi connectivity index (χ1n) is 4.74. The van der Waals surface area contributed by atoms with E-state index < -0.39 is 5.41 Å². The van der Waals surface area contributed by atoms with Gasteiger partial charge in [0, 0.05) is 11.5 Å². The molecule has 4 nitrogen and oxygen atoms in total. The van der Waals surface area contributed by atoms with E-state index in [0.29, 0.717) is 11.0 Å². The second-order valence-electron chi connectivity index (χ2n) is 3.92. The summed E-state index contributed by atoms with van der Waals surface area (Å²) in [6, 6.07) is 1.52. The molecule has 0 spiro atoms. The summed E-state index contributed by atoms with van der Waals surface area (Å²) in [5.41, 5.74) is -0.405. The molecule has 1 aromatic heterocycles. The van der Waals surface area contributed by atoms with Crippen molar-refractivity contribution in [1.82, 2.24) is 9.97 Å². The van der Waals surface area contributed by atoms with Gasteiger partial charge in [-0.15, -0.1) is 0 Å². The molecular weight excluding hydrogens is 214 g/mol. The number of carbonyl (C=O) groups excluding carboxylic acids is 1. The van der Waals surface area contributed by atoms with Crippen LogP contribution in [0.3, 0.4) is 0 Å². The molecule has 0 aromatic carbocycles. The summed E-state index contributed by atoms with van der Waals surface area (Å²) in [7, 11) is 0. The van der Waals surface area contributed by atoms with Crippen molar-refractivity contribution in [3.05, 3.63) is 17.5 Å². The number of anilines is 1. The lowest BCUT2D eigenvalue weighted by atomic mass is 9.89. The monoisotopic (exact) mass is 227 g/mol. The quantitative estimate of drug-likeness (QED) is 0.808. The average Bonchev–Trinajstić information content (AvgIpc) is 2.17. The number of nitrogens with zero attached hydrogens (tertiary/aromatic N) is 2. The predicted molar refractivity (Wildman–Crippen MR) is 59.7 cm³/mol. The topological polar surface area (TPSA) is 54.9 Å². The zero-order chi connectivity index (χ0) is 11.5. The van der Waals surface area contributed by atoms with Crippen molar-refractivity contribution in [3.8, 4) is 0 Å². The molecule has 5 heteroatoms. The van der Waals surface area contributed by atoms with Crippen molar-refractivity contribution in [1.29, 1.82) is 0 Å². The van der Waals surface area contributed by atoms with E-state index in [1.807, 2.05) is 20.8 Å². The first-order chi connectivity index (χ1) is 6.95. The van der Waals surface area contributed by atoms with Crippen LogP contribution in [0.4, 0.5) is 5.82 Å². The van der Waals surface area contributed by atoms with Crippen LogP contribution in [0.25, 0.3) is 0 Å². The molecule has 82 valence electrons. The van der Waals surface area contributed by atoms with Gasteiger partial charge in [0.05, 0.1) is 0 Å². The van der Waals surface area contributed by atoms with Gasteiger partial charge in [-0.25, -0.2) is 9.97 Å². The van der Waals surface area contributed by atoms with Gasteiger partial charge < -0.3 is 5.32 Å². The molecule has 0 unspecified atom stereocenters. The van der Waals surface area contributed by atoms with E-state index in [4.69, 9.17) is 11.6 Å². The molecule has 0 aliphatic heterocycles. The molecule has 0 radical (unpaired) electrons. The third-order valence-corrected chi connectivity index (χ3v) is 2.58. The molecule has 0 aliphatic carbocycles. The van der Waals surface area contributed by atoms with Crippen molar-refractivity contribution in [2.75, 3.05) is 5.32 Å². The van der Waals surface area contributed by atoms with Crippen molar-refractivity contribution in [2.45, 2.75) is 27.2 Å². The number of amides is 1. The van der Waals surface area contributed by atoms with E-state index in [9.17, 15) is 4.79 Å². The van der Waals surface area contributed by atoms with Crippen LogP contribution in [-0.2, 0) is 4.79 Å². The minimum atomic E-state index is -0.405. The number of rotatable bonds is 3. The number of hydrogen-bond donors (Lipinski definition) is 1. The zero-order valence-corrected chi connectivity index (χ0v) is 9.80. The van der Waals surface area contributed by atoms with Crippen LogP contribution in [0.1, 0.15) is 27.2 Å². The van der Waals surface area contributed by atoms with Crippen LogP contribution in [0, 0.1) is 5.41 Å². The van der Waals surface area contributed by atoms with Gasteiger partial charge in [-0.3, -0.25) is 4.79 Å². The first kappa shape index (κ1) is 11.9. The van der Waals surface area contributed by atoms with Crippen LogP contribution in [0.5, 0.6) is 0 Å². The Morgan fingerprint density at radius 3 is 2.73 bits per heavy atom. The van der Waals surface area contributed by atoms with Gasteiger partial charge in [-0.05, 0) is 6.42 Å². The van der Waals surface area contributed by atoms with E-state index >= 15 is 0 Å². The molecule has 0 saturated carbocycles. The van der Waals surface area contributed by atoms with E-state index in [1.165, 1.54) is 12.4 Å². The van der Waals surface area contributed by atoms with Crippen LogP contribution >= 0.6 is 11.6 Å². The fraction of sp³-hybridized carbons (Fsp3) is 0.500. The van der Waals surface area contributed by atoms with E-state index in [-0.39, 0.29) is 5.91 Å². The molecule has 0 atom stereocenters. The maximum Gasteiger partial charge on any atom is 0.231 e. The molecule has 1 heterocycles. The van der Waals surface area contributed by atoms with Crippen molar-refractivity contribution < 1.29 is 4.79 Å². The van der Waals surface area contributed by atoms with Gasteiger partial charge in [-0.2, -0.15) is 0 Å². The molecule has 0 aliphatic rings. The smallest absolute Gasteiger partial charge is 0.231 e. The summed E-state index contributed by atoms with van der Waals surface area (Å²) < 4.78 is 0. The molecule has 0 fully saturated rings. The van der Waals surface area contributed by atoms with E-state index in [2.05, 4.69) is 15.3 Å². The average molecular weight is 228 g/mol. The largest absolute Gasteiger partial charge is 0.310 e. The summed E-state index contributed by atoms with van der Waals surface area (Å²) in [6.07, 6.45) is 2.08. The zero-order valence-electron chi connectivity index (χ0n) is 9.04. The standard InChI is InChI=1S/C10H14ClN3O/c1-4-10(2,3)9(15)14-8-5-7(11)12-6-13-8/h5-6H,4H2,1-3H3,(H,12,13,14,15). The van der Waals surface area contributed by atoms with Crippen LogP contribution in [-0.4, -0.2) is 15.9 Å². The molecule has 1 amide bonds. The number of hydrogen-bond acceptors (Lipinski definition) is 3. The SMILES string of the molecule is CCC(C)(C)C(=O)Nc1cc(Cl)ncn1. The van der Waals surface area contributed by atoms with Gasteiger partial charge in [-0.1, -0.05) is 32.4 Å². The van der Waals surface area contributed by atoms with Crippen molar-refractivity contribution in [3.63, 3.8) is 0 Å². The Balaban J connectivity index is 2.75. The second-order valence-corrected chi connectivity index (χ2v) is 4.30. The Labute approximate surface area is 94.1 Å². The summed E-state index contributed by atoms with van der Waals surface area (Å²) in [4.78, 5) is 19.4. The Morgan fingerprint density at radius 2 is 2.20 bits per heavy atom. The predicted octanol–water partition coefficient (Wildman–Crippen LogP) is 2.50. The van der Waals surface area contributed by atoms with Crippen LogP contribution in [0.15, 0.2) is 12.4 Å². The highest BCUT2D eigenvalue weighted by Crippen LogP contribution is 2.21. The molecule has 1 rings (SSSR count). The van der Waals surface area contributed by atoms with Crippen molar-refractivity contribution in [2.24, 2.45) is 5.41 Å². The molecule has 0 saturated heterocycles. The van der Waals surface area contributed by atoms with Gasteiger partial charge >= 0.3 is 0 Å². The Hall–Kier alpha value is -1.16. The Kier molecular flexibility index (Phi) is 3.63. The highest BCUT2D eigenvalue weighted by atomic mass is 35.5. The maximum atomic E-state index is 11.8. The normalized spacial score (nSPS) is 11.2. The van der Waals surface area contributed by atoms with Crippen LogP contribution in [0.2, 0.25) is 5.15 Å². The number of carbonyl (C=O) groups is 1.